The van der Waals surface area contributed by atoms with E-state index in [-0.39, 0.29) is 0 Å². The van der Waals surface area contributed by atoms with Crippen LogP contribution >= 0.6 is 0 Å². The minimum Gasteiger partial charge on any atom is -0.490 e. The third-order valence-corrected chi connectivity index (χ3v) is 4.13. The predicted octanol–water partition coefficient (Wildman–Crippen LogP) is 3.38. The monoisotopic (exact) mass is 247 g/mol. The van der Waals surface area contributed by atoms with E-state index in [0.29, 0.717) is 12.0 Å². The van der Waals surface area contributed by atoms with Gasteiger partial charge >= 0.3 is 0 Å². The molecule has 0 spiro atoms. The quantitative estimate of drug-likeness (QED) is 0.880. The van der Waals surface area contributed by atoms with Crippen LogP contribution in [0, 0.1) is 26.7 Å². The maximum Gasteiger partial charge on any atom is 0.122 e. The molecular formula is C16H25NO. The molecule has 0 amide bonds. The highest BCUT2D eigenvalue weighted by Crippen LogP contribution is 2.31. The number of hydrogen-bond acceptors (Lipinski definition) is 2. The lowest BCUT2D eigenvalue weighted by atomic mass is 10.0. The van der Waals surface area contributed by atoms with Gasteiger partial charge in [-0.25, -0.2) is 0 Å². The average Bonchev–Trinajstić information content (AvgIpc) is 2.74. The predicted molar refractivity (Wildman–Crippen MR) is 76.3 cm³/mol. The molecule has 1 aromatic rings. The SMILES string of the molecule is CNCC1CCCC1Oc1cc(C)c(C)cc1C. The van der Waals surface area contributed by atoms with Crippen LogP contribution in [-0.2, 0) is 0 Å². The smallest absolute Gasteiger partial charge is 0.122 e. The van der Waals surface area contributed by atoms with Gasteiger partial charge in [0.2, 0.25) is 0 Å². The van der Waals surface area contributed by atoms with Crippen LogP contribution < -0.4 is 10.1 Å². The molecule has 2 rings (SSSR count). The fraction of sp³-hybridized carbons (Fsp3) is 0.625. The van der Waals surface area contributed by atoms with E-state index >= 15 is 0 Å². The largest absolute Gasteiger partial charge is 0.490 e. The Balaban J connectivity index is 2.11. The summed E-state index contributed by atoms with van der Waals surface area (Å²) in [5, 5.41) is 3.28. The van der Waals surface area contributed by atoms with Crippen molar-refractivity contribution >= 4 is 0 Å². The molecule has 0 radical (unpaired) electrons. The van der Waals surface area contributed by atoms with Gasteiger partial charge in [0.25, 0.3) is 0 Å². The van der Waals surface area contributed by atoms with E-state index in [4.69, 9.17) is 4.74 Å². The Morgan fingerprint density at radius 2 is 1.83 bits per heavy atom. The van der Waals surface area contributed by atoms with Crippen LogP contribution in [0.15, 0.2) is 12.1 Å². The van der Waals surface area contributed by atoms with Gasteiger partial charge < -0.3 is 10.1 Å². The van der Waals surface area contributed by atoms with Gasteiger partial charge in [-0.05, 0) is 69.8 Å². The maximum absolute atomic E-state index is 6.27. The molecule has 0 saturated heterocycles. The Morgan fingerprint density at radius 1 is 1.11 bits per heavy atom. The van der Waals surface area contributed by atoms with Crippen molar-refractivity contribution in [3.63, 3.8) is 0 Å². The zero-order chi connectivity index (χ0) is 13.1. The molecule has 1 aliphatic carbocycles. The van der Waals surface area contributed by atoms with E-state index in [0.717, 1.165) is 12.3 Å². The number of nitrogens with one attached hydrogen (secondary N) is 1. The van der Waals surface area contributed by atoms with Crippen LogP contribution in [0.1, 0.15) is 36.0 Å². The number of rotatable bonds is 4. The summed E-state index contributed by atoms with van der Waals surface area (Å²) in [5.41, 5.74) is 3.92. The van der Waals surface area contributed by atoms with Gasteiger partial charge in [-0.2, -0.15) is 0 Å². The molecular weight excluding hydrogens is 222 g/mol. The highest BCUT2D eigenvalue weighted by Gasteiger charge is 2.28. The van der Waals surface area contributed by atoms with Crippen molar-refractivity contribution in [3.8, 4) is 5.75 Å². The average molecular weight is 247 g/mol. The molecule has 2 atom stereocenters. The van der Waals surface area contributed by atoms with Crippen LogP contribution in [0.5, 0.6) is 5.75 Å². The molecule has 0 aliphatic heterocycles. The molecule has 2 nitrogen and oxygen atoms in total. The maximum atomic E-state index is 6.27. The topological polar surface area (TPSA) is 21.3 Å². The minimum absolute atomic E-state index is 0.387. The van der Waals surface area contributed by atoms with E-state index in [9.17, 15) is 0 Å². The van der Waals surface area contributed by atoms with Crippen molar-refractivity contribution in [1.82, 2.24) is 5.32 Å². The van der Waals surface area contributed by atoms with Crippen LogP contribution in [0.3, 0.4) is 0 Å². The highest BCUT2D eigenvalue weighted by atomic mass is 16.5. The lowest BCUT2D eigenvalue weighted by molar-refractivity contribution is 0.157. The van der Waals surface area contributed by atoms with E-state index < -0.39 is 0 Å². The second-order valence-electron chi connectivity index (χ2n) is 5.61. The molecule has 18 heavy (non-hydrogen) atoms. The third-order valence-electron chi connectivity index (χ3n) is 4.13. The Labute approximate surface area is 111 Å². The first-order chi connectivity index (χ1) is 8.61. The molecule has 100 valence electrons. The zero-order valence-corrected chi connectivity index (χ0v) is 12.0. The van der Waals surface area contributed by atoms with Gasteiger partial charge in [-0.3, -0.25) is 0 Å². The number of ether oxygens (including phenoxy) is 1. The number of hydrogen-bond donors (Lipinski definition) is 1. The Hall–Kier alpha value is -1.02. The van der Waals surface area contributed by atoms with E-state index in [1.54, 1.807) is 0 Å². The molecule has 0 heterocycles. The molecule has 2 heteroatoms. The molecule has 1 aliphatic rings. The highest BCUT2D eigenvalue weighted by molar-refractivity contribution is 5.41. The van der Waals surface area contributed by atoms with Gasteiger partial charge in [0.15, 0.2) is 0 Å². The summed E-state index contributed by atoms with van der Waals surface area (Å²) in [6.45, 7) is 7.52. The van der Waals surface area contributed by atoms with Gasteiger partial charge in [0.05, 0.1) is 0 Å². The zero-order valence-electron chi connectivity index (χ0n) is 12.0. The second-order valence-corrected chi connectivity index (χ2v) is 5.61. The molecule has 0 aromatic heterocycles. The summed E-state index contributed by atoms with van der Waals surface area (Å²) in [6, 6.07) is 4.42. The summed E-state index contributed by atoms with van der Waals surface area (Å²) in [6.07, 6.45) is 4.16. The van der Waals surface area contributed by atoms with Gasteiger partial charge in [0, 0.05) is 12.5 Å². The summed E-state index contributed by atoms with van der Waals surface area (Å²) in [7, 11) is 2.02. The summed E-state index contributed by atoms with van der Waals surface area (Å²) in [5.74, 6) is 1.74. The van der Waals surface area contributed by atoms with Crippen LogP contribution in [0.2, 0.25) is 0 Å². The van der Waals surface area contributed by atoms with E-state index in [1.165, 1.54) is 36.0 Å². The standard InChI is InChI=1S/C16H25NO/c1-11-8-13(3)16(9-12(11)2)18-15-7-5-6-14(15)10-17-4/h8-9,14-15,17H,5-7,10H2,1-4H3. The van der Waals surface area contributed by atoms with Crippen molar-refractivity contribution in [2.75, 3.05) is 13.6 Å². The first kappa shape index (κ1) is 13.4. The van der Waals surface area contributed by atoms with Crippen molar-refractivity contribution < 1.29 is 4.74 Å². The van der Waals surface area contributed by atoms with Crippen molar-refractivity contribution in [2.45, 2.75) is 46.1 Å². The molecule has 1 aromatic carbocycles. The van der Waals surface area contributed by atoms with Crippen molar-refractivity contribution in [1.29, 1.82) is 0 Å². The number of benzene rings is 1. The van der Waals surface area contributed by atoms with E-state index in [1.807, 2.05) is 7.05 Å². The first-order valence-electron chi connectivity index (χ1n) is 7.01. The summed E-state index contributed by atoms with van der Waals surface area (Å²) < 4.78 is 6.27. The fourth-order valence-corrected chi connectivity index (χ4v) is 2.88. The fourth-order valence-electron chi connectivity index (χ4n) is 2.88. The van der Waals surface area contributed by atoms with Crippen LogP contribution in [0.25, 0.3) is 0 Å². The molecule has 1 saturated carbocycles. The summed E-state index contributed by atoms with van der Waals surface area (Å²) in [4.78, 5) is 0. The van der Waals surface area contributed by atoms with Crippen LogP contribution in [-0.4, -0.2) is 19.7 Å². The van der Waals surface area contributed by atoms with Gasteiger partial charge in [0.1, 0.15) is 11.9 Å². The molecule has 1 fully saturated rings. The normalized spacial score (nSPS) is 23.3. The van der Waals surface area contributed by atoms with Gasteiger partial charge in [-0.15, -0.1) is 0 Å². The molecule has 2 unspecified atom stereocenters. The Kier molecular flexibility index (Phi) is 4.28. The first-order valence-corrected chi connectivity index (χ1v) is 7.01. The summed E-state index contributed by atoms with van der Waals surface area (Å²) >= 11 is 0. The second kappa shape index (κ2) is 5.75. The lowest BCUT2D eigenvalue weighted by Gasteiger charge is -2.22. The van der Waals surface area contributed by atoms with Crippen LogP contribution in [0.4, 0.5) is 0 Å². The van der Waals surface area contributed by atoms with Crippen molar-refractivity contribution in [2.24, 2.45) is 5.92 Å². The Morgan fingerprint density at radius 3 is 2.56 bits per heavy atom. The molecule has 0 bridgehead atoms. The van der Waals surface area contributed by atoms with E-state index in [2.05, 4.69) is 38.2 Å². The third kappa shape index (κ3) is 2.86. The lowest BCUT2D eigenvalue weighted by Crippen LogP contribution is -2.29. The Bertz CT molecular complexity index is 414. The number of aryl methyl sites for hydroxylation is 3. The van der Waals surface area contributed by atoms with Gasteiger partial charge in [-0.1, -0.05) is 6.07 Å². The van der Waals surface area contributed by atoms with Crippen molar-refractivity contribution in [3.05, 3.63) is 28.8 Å². The minimum atomic E-state index is 0.387. The molecule has 1 N–H and O–H groups in total.